The summed E-state index contributed by atoms with van der Waals surface area (Å²) in [6.45, 7) is 0.290. The molecule has 0 amide bonds. The number of hydrogen-bond donors (Lipinski definition) is 2. The molecule has 0 aromatic heterocycles. The lowest BCUT2D eigenvalue weighted by atomic mass is 9.89. The van der Waals surface area contributed by atoms with E-state index in [0.29, 0.717) is 16.6 Å². The monoisotopic (exact) mass is 401 g/mol. The maximum Gasteiger partial charge on any atom is 0.137 e. The second kappa shape index (κ2) is 6.80. The van der Waals surface area contributed by atoms with E-state index < -0.39 is 6.10 Å². The molecule has 106 valence electrons. The third kappa shape index (κ3) is 3.28. The van der Waals surface area contributed by atoms with Crippen molar-refractivity contribution in [2.75, 3.05) is 6.54 Å². The van der Waals surface area contributed by atoms with E-state index in [1.54, 1.807) is 12.1 Å². The molecule has 0 spiro atoms. The molecular weight excluding hydrogens is 389 g/mol. The molecule has 2 unspecified atom stereocenters. The largest absolute Gasteiger partial charge is 0.388 e. The Kier molecular flexibility index (Phi) is 5.32. The van der Waals surface area contributed by atoms with Gasteiger partial charge in [-0.1, -0.05) is 40.2 Å². The Morgan fingerprint density at radius 2 is 1.80 bits per heavy atom. The van der Waals surface area contributed by atoms with E-state index in [1.807, 2.05) is 24.3 Å². The van der Waals surface area contributed by atoms with Crippen LogP contribution in [0.1, 0.15) is 23.1 Å². The number of aliphatic hydroxyl groups excluding tert-OH is 1. The Morgan fingerprint density at radius 1 is 1.10 bits per heavy atom. The molecule has 2 atom stereocenters. The Bertz CT molecular complexity index is 606. The van der Waals surface area contributed by atoms with Crippen LogP contribution in [0.4, 0.5) is 4.39 Å². The Labute approximate surface area is 134 Å². The van der Waals surface area contributed by atoms with Gasteiger partial charge in [-0.25, -0.2) is 4.39 Å². The van der Waals surface area contributed by atoms with Crippen LogP contribution in [-0.4, -0.2) is 11.7 Å². The van der Waals surface area contributed by atoms with Gasteiger partial charge in [-0.05, 0) is 45.3 Å². The van der Waals surface area contributed by atoms with Crippen molar-refractivity contribution in [2.45, 2.75) is 12.0 Å². The first kappa shape index (κ1) is 15.6. The molecule has 20 heavy (non-hydrogen) atoms. The molecule has 2 nitrogen and oxygen atoms in total. The van der Waals surface area contributed by atoms with E-state index in [4.69, 9.17) is 5.73 Å². The highest BCUT2D eigenvalue weighted by atomic mass is 79.9. The molecule has 0 saturated carbocycles. The summed E-state index contributed by atoms with van der Waals surface area (Å²) in [7, 11) is 0. The molecule has 0 radical (unpaired) electrons. The van der Waals surface area contributed by atoms with E-state index >= 15 is 0 Å². The van der Waals surface area contributed by atoms with Gasteiger partial charge in [-0.3, -0.25) is 0 Å². The molecule has 2 rings (SSSR count). The van der Waals surface area contributed by atoms with Crippen molar-refractivity contribution in [1.29, 1.82) is 0 Å². The summed E-state index contributed by atoms with van der Waals surface area (Å²) in [5.41, 5.74) is 7.38. The highest BCUT2D eigenvalue weighted by molar-refractivity contribution is 9.10. The van der Waals surface area contributed by atoms with Gasteiger partial charge in [0.2, 0.25) is 0 Å². The van der Waals surface area contributed by atoms with Crippen molar-refractivity contribution in [3.05, 3.63) is 68.4 Å². The van der Waals surface area contributed by atoms with Gasteiger partial charge in [0.1, 0.15) is 5.82 Å². The zero-order valence-corrected chi connectivity index (χ0v) is 13.7. The van der Waals surface area contributed by atoms with Crippen LogP contribution in [0.25, 0.3) is 0 Å². The van der Waals surface area contributed by atoms with Crippen LogP contribution in [0, 0.1) is 5.82 Å². The van der Waals surface area contributed by atoms with E-state index in [-0.39, 0.29) is 11.7 Å². The van der Waals surface area contributed by atoms with Crippen molar-refractivity contribution in [1.82, 2.24) is 0 Å². The number of benzene rings is 2. The fraction of sp³-hybridized carbons (Fsp3) is 0.200. The summed E-state index contributed by atoms with van der Waals surface area (Å²) in [5, 5.41) is 10.5. The molecule has 5 heteroatoms. The fourth-order valence-electron chi connectivity index (χ4n) is 2.13. The predicted octanol–water partition coefficient (Wildman–Crippen LogP) is 4.13. The molecule has 0 fully saturated rings. The number of aliphatic hydroxyl groups is 1. The number of rotatable bonds is 4. The van der Waals surface area contributed by atoms with E-state index in [9.17, 15) is 9.50 Å². The van der Waals surface area contributed by atoms with Gasteiger partial charge in [0.05, 0.1) is 10.6 Å². The van der Waals surface area contributed by atoms with Crippen LogP contribution in [0.5, 0.6) is 0 Å². The minimum atomic E-state index is -0.796. The SMILES string of the molecule is NCC(c1ccccc1Br)C(O)c1ccc(F)c(Br)c1. The van der Waals surface area contributed by atoms with Crippen LogP contribution in [0.3, 0.4) is 0 Å². The van der Waals surface area contributed by atoms with Gasteiger partial charge in [-0.15, -0.1) is 0 Å². The summed E-state index contributed by atoms with van der Waals surface area (Å²) in [5.74, 6) is -0.617. The van der Waals surface area contributed by atoms with Crippen molar-refractivity contribution in [3.8, 4) is 0 Å². The lowest BCUT2D eigenvalue weighted by molar-refractivity contribution is 0.147. The van der Waals surface area contributed by atoms with Gasteiger partial charge in [0.15, 0.2) is 0 Å². The van der Waals surface area contributed by atoms with E-state index in [0.717, 1.165) is 10.0 Å². The van der Waals surface area contributed by atoms with Gasteiger partial charge in [0, 0.05) is 16.9 Å². The first-order valence-electron chi connectivity index (χ1n) is 6.12. The molecule has 2 aromatic rings. The topological polar surface area (TPSA) is 46.2 Å². The number of halogens is 3. The summed E-state index contributed by atoms with van der Waals surface area (Å²) in [6.07, 6.45) is -0.796. The Hall–Kier alpha value is -0.750. The van der Waals surface area contributed by atoms with Crippen molar-refractivity contribution in [2.24, 2.45) is 5.73 Å². The molecule has 0 aliphatic rings. The average molecular weight is 403 g/mol. The molecule has 2 aromatic carbocycles. The third-order valence-corrected chi connectivity index (χ3v) is 4.55. The quantitative estimate of drug-likeness (QED) is 0.807. The van der Waals surface area contributed by atoms with Crippen LogP contribution in [0.15, 0.2) is 51.4 Å². The van der Waals surface area contributed by atoms with Gasteiger partial charge < -0.3 is 10.8 Å². The lowest BCUT2D eigenvalue weighted by Gasteiger charge is -2.23. The van der Waals surface area contributed by atoms with Gasteiger partial charge in [0.25, 0.3) is 0 Å². The fourth-order valence-corrected chi connectivity index (χ4v) is 3.11. The van der Waals surface area contributed by atoms with Crippen LogP contribution < -0.4 is 5.73 Å². The first-order valence-corrected chi connectivity index (χ1v) is 7.70. The lowest BCUT2D eigenvalue weighted by Crippen LogP contribution is -2.20. The third-order valence-electron chi connectivity index (χ3n) is 3.22. The van der Waals surface area contributed by atoms with Crippen molar-refractivity contribution in [3.63, 3.8) is 0 Å². The minimum absolute atomic E-state index is 0.261. The Morgan fingerprint density at radius 3 is 2.40 bits per heavy atom. The zero-order chi connectivity index (χ0) is 14.7. The molecule has 3 N–H and O–H groups in total. The van der Waals surface area contributed by atoms with E-state index in [1.165, 1.54) is 6.07 Å². The summed E-state index contributed by atoms with van der Waals surface area (Å²) >= 11 is 6.60. The standard InChI is InChI=1S/C15H14Br2FNO/c16-12-4-2-1-3-10(12)11(8-19)15(20)9-5-6-14(18)13(17)7-9/h1-7,11,15,20H,8,19H2. The normalized spacial score (nSPS) is 14.1. The smallest absolute Gasteiger partial charge is 0.137 e. The van der Waals surface area contributed by atoms with Crippen LogP contribution in [0.2, 0.25) is 0 Å². The average Bonchev–Trinajstić information content (AvgIpc) is 2.44. The van der Waals surface area contributed by atoms with Gasteiger partial charge >= 0.3 is 0 Å². The maximum atomic E-state index is 13.3. The van der Waals surface area contributed by atoms with Crippen LogP contribution in [-0.2, 0) is 0 Å². The molecule has 0 aliphatic carbocycles. The second-order valence-electron chi connectivity index (χ2n) is 4.48. The summed E-state index contributed by atoms with van der Waals surface area (Å²) in [4.78, 5) is 0. The highest BCUT2D eigenvalue weighted by Gasteiger charge is 2.23. The van der Waals surface area contributed by atoms with Gasteiger partial charge in [-0.2, -0.15) is 0 Å². The molecule has 0 aliphatic heterocycles. The second-order valence-corrected chi connectivity index (χ2v) is 6.19. The maximum absolute atomic E-state index is 13.3. The summed E-state index contributed by atoms with van der Waals surface area (Å²) in [6, 6.07) is 12.1. The molecule has 0 saturated heterocycles. The Balaban J connectivity index is 2.36. The number of nitrogens with two attached hydrogens (primary N) is 1. The molecule has 0 heterocycles. The minimum Gasteiger partial charge on any atom is -0.388 e. The van der Waals surface area contributed by atoms with Crippen LogP contribution >= 0.6 is 31.9 Å². The molecular formula is C15H14Br2FNO. The first-order chi connectivity index (χ1) is 9.54. The molecule has 0 bridgehead atoms. The highest BCUT2D eigenvalue weighted by Crippen LogP contribution is 2.35. The zero-order valence-electron chi connectivity index (χ0n) is 10.6. The summed E-state index contributed by atoms with van der Waals surface area (Å²) < 4.78 is 14.5. The predicted molar refractivity (Wildman–Crippen MR) is 85.0 cm³/mol. The number of hydrogen-bond acceptors (Lipinski definition) is 2. The van der Waals surface area contributed by atoms with Crippen molar-refractivity contribution >= 4 is 31.9 Å². The van der Waals surface area contributed by atoms with E-state index in [2.05, 4.69) is 31.9 Å². The van der Waals surface area contributed by atoms with Crippen molar-refractivity contribution < 1.29 is 9.50 Å².